The predicted molar refractivity (Wildman–Crippen MR) is 80.1 cm³/mol. The molecular weight excluding hydrogens is 258 g/mol. The highest BCUT2D eigenvalue weighted by Gasteiger charge is 2.24. The van der Waals surface area contributed by atoms with Crippen LogP contribution in [-0.2, 0) is 6.54 Å². The van der Waals surface area contributed by atoms with Crippen molar-refractivity contribution in [1.82, 2.24) is 4.57 Å². The number of nitrogens with zero attached hydrogens (tertiary/aromatic N) is 1. The minimum Gasteiger partial charge on any atom is -0.348 e. The average molecular weight is 282 g/mol. The van der Waals surface area contributed by atoms with Crippen molar-refractivity contribution >= 4 is 17.4 Å². The number of Topliss-reactive ketones (excluding diaryl/α,β-unsaturated/α-hetero) is 1. The zero-order valence-corrected chi connectivity index (χ0v) is 13.1. The number of carbonyl (C=O) groups is 1. The molecule has 1 saturated carbocycles. The molecule has 1 fully saturated rings. The highest BCUT2D eigenvalue weighted by molar-refractivity contribution is 6.33. The predicted octanol–water partition coefficient (Wildman–Crippen LogP) is 4.35. The number of aromatic nitrogens is 1. The van der Waals surface area contributed by atoms with Crippen molar-refractivity contribution in [2.75, 3.05) is 0 Å². The molecule has 1 heterocycles. The number of hydrogen-bond acceptors (Lipinski definition) is 1. The van der Waals surface area contributed by atoms with Gasteiger partial charge in [-0.05, 0) is 51.5 Å². The van der Waals surface area contributed by atoms with Crippen molar-refractivity contribution < 1.29 is 4.79 Å². The van der Waals surface area contributed by atoms with E-state index in [0.717, 1.165) is 29.6 Å². The van der Waals surface area contributed by atoms with Crippen LogP contribution in [0.1, 0.15) is 54.9 Å². The van der Waals surface area contributed by atoms with Gasteiger partial charge in [0, 0.05) is 23.5 Å². The van der Waals surface area contributed by atoms with Crippen LogP contribution in [0.15, 0.2) is 6.07 Å². The summed E-state index contributed by atoms with van der Waals surface area (Å²) in [6.45, 7) is 9.25. The molecule has 0 spiro atoms. The molecule has 1 aromatic rings. The van der Waals surface area contributed by atoms with Crippen LogP contribution < -0.4 is 0 Å². The zero-order valence-electron chi connectivity index (χ0n) is 12.4. The maximum atomic E-state index is 12.1. The number of halogens is 1. The molecule has 0 bridgehead atoms. The van der Waals surface area contributed by atoms with Gasteiger partial charge in [-0.15, -0.1) is 11.6 Å². The molecule has 0 radical (unpaired) electrons. The van der Waals surface area contributed by atoms with E-state index >= 15 is 0 Å². The Morgan fingerprint density at radius 3 is 2.68 bits per heavy atom. The Hall–Kier alpha value is -0.760. The van der Waals surface area contributed by atoms with Crippen molar-refractivity contribution in [2.45, 2.75) is 58.9 Å². The first-order chi connectivity index (χ1) is 8.90. The topological polar surface area (TPSA) is 22.0 Å². The second-order valence-electron chi connectivity index (χ2n) is 6.16. The molecule has 0 aliphatic heterocycles. The van der Waals surface area contributed by atoms with Crippen LogP contribution in [0, 0.1) is 25.7 Å². The van der Waals surface area contributed by atoms with Gasteiger partial charge < -0.3 is 4.57 Å². The van der Waals surface area contributed by atoms with Gasteiger partial charge in [0.25, 0.3) is 0 Å². The molecule has 0 saturated heterocycles. The van der Waals surface area contributed by atoms with Gasteiger partial charge in [0.15, 0.2) is 5.78 Å². The molecule has 3 unspecified atom stereocenters. The summed E-state index contributed by atoms with van der Waals surface area (Å²) in [5.41, 5.74) is 3.05. The fourth-order valence-electron chi connectivity index (χ4n) is 3.29. The molecule has 0 N–H and O–H groups in total. The van der Waals surface area contributed by atoms with Gasteiger partial charge in [0.05, 0.1) is 5.38 Å². The van der Waals surface area contributed by atoms with E-state index in [9.17, 15) is 4.79 Å². The maximum absolute atomic E-state index is 12.1. The van der Waals surface area contributed by atoms with Crippen molar-refractivity contribution in [3.05, 3.63) is 23.0 Å². The van der Waals surface area contributed by atoms with Gasteiger partial charge in [-0.25, -0.2) is 0 Å². The zero-order chi connectivity index (χ0) is 14.2. The van der Waals surface area contributed by atoms with Gasteiger partial charge in [-0.2, -0.15) is 0 Å². The highest BCUT2D eigenvalue weighted by atomic mass is 35.5. The molecule has 1 aliphatic carbocycles. The number of ketones is 1. The number of hydrogen-bond donors (Lipinski definition) is 0. The summed E-state index contributed by atoms with van der Waals surface area (Å²) in [4.78, 5) is 12.1. The lowest BCUT2D eigenvalue weighted by Crippen LogP contribution is -2.14. The Labute approximate surface area is 121 Å². The molecule has 0 amide bonds. The van der Waals surface area contributed by atoms with Crippen LogP contribution in [0.2, 0.25) is 0 Å². The van der Waals surface area contributed by atoms with E-state index in [1.165, 1.54) is 25.0 Å². The molecule has 2 nitrogen and oxygen atoms in total. The van der Waals surface area contributed by atoms with Gasteiger partial charge in [0.1, 0.15) is 0 Å². The first kappa shape index (κ1) is 14.6. The molecule has 1 aliphatic rings. The number of carbonyl (C=O) groups excluding carboxylic acids is 1. The molecular formula is C16H24ClNO. The van der Waals surface area contributed by atoms with Crippen LogP contribution in [0.3, 0.4) is 0 Å². The summed E-state index contributed by atoms with van der Waals surface area (Å²) in [6.07, 6.45) is 3.97. The third-order valence-electron chi connectivity index (χ3n) is 4.44. The van der Waals surface area contributed by atoms with E-state index in [0.29, 0.717) is 0 Å². The molecule has 3 heteroatoms. The van der Waals surface area contributed by atoms with Crippen LogP contribution in [0.25, 0.3) is 0 Å². The Morgan fingerprint density at radius 1 is 1.47 bits per heavy atom. The molecule has 3 atom stereocenters. The summed E-state index contributed by atoms with van der Waals surface area (Å²) in [5.74, 6) is 1.65. The van der Waals surface area contributed by atoms with Crippen LogP contribution >= 0.6 is 11.6 Å². The Bertz CT molecular complexity index is 475. The van der Waals surface area contributed by atoms with Gasteiger partial charge >= 0.3 is 0 Å². The fourth-order valence-corrected chi connectivity index (χ4v) is 3.41. The number of aryl methyl sites for hydroxylation is 1. The van der Waals surface area contributed by atoms with E-state index < -0.39 is 5.38 Å². The standard InChI is InChI=1S/C16H24ClNO/c1-10-5-6-14(7-10)9-18-11(2)8-15(13(18)4)16(19)12(3)17/h8,10,12,14H,5-7,9H2,1-4H3. The Morgan fingerprint density at radius 2 is 2.16 bits per heavy atom. The Balaban J connectivity index is 2.20. The summed E-state index contributed by atoms with van der Waals surface area (Å²) in [7, 11) is 0. The van der Waals surface area contributed by atoms with E-state index in [-0.39, 0.29) is 5.78 Å². The highest BCUT2D eigenvalue weighted by Crippen LogP contribution is 2.32. The van der Waals surface area contributed by atoms with E-state index in [1.807, 2.05) is 13.0 Å². The third kappa shape index (κ3) is 3.05. The monoisotopic (exact) mass is 281 g/mol. The Kier molecular flexibility index (Phi) is 4.39. The lowest BCUT2D eigenvalue weighted by molar-refractivity contribution is 0.0991. The lowest BCUT2D eigenvalue weighted by atomic mass is 10.1. The summed E-state index contributed by atoms with van der Waals surface area (Å²) < 4.78 is 2.30. The van der Waals surface area contributed by atoms with Crippen molar-refractivity contribution in [1.29, 1.82) is 0 Å². The van der Waals surface area contributed by atoms with Crippen LogP contribution in [0.5, 0.6) is 0 Å². The van der Waals surface area contributed by atoms with Crippen molar-refractivity contribution in [3.8, 4) is 0 Å². The van der Waals surface area contributed by atoms with Crippen LogP contribution in [-0.4, -0.2) is 15.7 Å². The lowest BCUT2D eigenvalue weighted by Gasteiger charge is -2.15. The molecule has 2 rings (SSSR count). The minimum absolute atomic E-state index is 0.0424. The van der Waals surface area contributed by atoms with Crippen molar-refractivity contribution in [2.24, 2.45) is 11.8 Å². The van der Waals surface area contributed by atoms with E-state index in [1.54, 1.807) is 6.92 Å². The molecule has 1 aromatic heterocycles. The second kappa shape index (κ2) is 5.70. The minimum atomic E-state index is -0.444. The smallest absolute Gasteiger partial charge is 0.182 e. The normalized spacial score (nSPS) is 24.7. The van der Waals surface area contributed by atoms with Crippen LogP contribution in [0.4, 0.5) is 0 Å². The molecule has 19 heavy (non-hydrogen) atoms. The quantitative estimate of drug-likeness (QED) is 0.594. The first-order valence-electron chi connectivity index (χ1n) is 7.25. The van der Waals surface area contributed by atoms with Gasteiger partial charge in [0.2, 0.25) is 0 Å². The first-order valence-corrected chi connectivity index (χ1v) is 7.68. The molecule has 106 valence electrons. The summed E-state index contributed by atoms with van der Waals surface area (Å²) in [5, 5.41) is -0.444. The summed E-state index contributed by atoms with van der Waals surface area (Å²) >= 11 is 5.93. The largest absolute Gasteiger partial charge is 0.348 e. The second-order valence-corrected chi connectivity index (χ2v) is 6.81. The number of rotatable bonds is 4. The van der Waals surface area contributed by atoms with Gasteiger partial charge in [-0.3, -0.25) is 4.79 Å². The van der Waals surface area contributed by atoms with Crippen molar-refractivity contribution in [3.63, 3.8) is 0 Å². The van der Waals surface area contributed by atoms with E-state index in [2.05, 4.69) is 18.4 Å². The van der Waals surface area contributed by atoms with E-state index in [4.69, 9.17) is 11.6 Å². The molecule has 0 aromatic carbocycles. The maximum Gasteiger partial charge on any atom is 0.182 e. The van der Waals surface area contributed by atoms with Gasteiger partial charge in [-0.1, -0.05) is 13.3 Å². The third-order valence-corrected chi connectivity index (χ3v) is 4.64. The SMILES string of the molecule is Cc1cc(C(=O)C(C)Cl)c(C)n1CC1CCC(C)C1. The average Bonchev–Trinajstić information content (AvgIpc) is 2.87. The fraction of sp³-hybridized carbons (Fsp3) is 0.688. The summed E-state index contributed by atoms with van der Waals surface area (Å²) in [6, 6.07) is 1.99. The number of alkyl halides is 1.